The predicted molar refractivity (Wildman–Crippen MR) is 73.8 cm³/mol. The zero-order chi connectivity index (χ0) is 13.0. The summed E-state index contributed by atoms with van der Waals surface area (Å²) in [6, 6.07) is 0.109. The van der Waals surface area contributed by atoms with Gasteiger partial charge in [0.1, 0.15) is 0 Å². The van der Waals surface area contributed by atoms with Crippen LogP contribution in [-0.4, -0.2) is 22.5 Å². The van der Waals surface area contributed by atoms with Crippen LogP contribution in [0, 0.1) is 0 Å². The maximum Gasteiger partial charge on any atom is 0.0705 e. The number of hydrazine groups is 1. The van der Waals surface area contributed by atoms with Crippen molar-refractivity contribution in [2.24, 2.45) is 12.9 Å². The third-order valence-electron chi connectivity index (χ3n) is 3.52. The average Bonchev–Trinajstić information content (AvgIpc) is 2.73. The fraction of sp³-hybridized carbons (Fsp3) is 0.750. The molecular weight excluding hydrogens is 296 g/mol. The molecule has 2 heterocycles. The molecule has 6 heteroatoms. The number of ether oxygens (including phenoxy) is 1. The minimum atomic E-state index is 0.109. The lowest BCUT2D eigenvalue weighted by molar-refractivity contribution is 0.00841. The van der Waals surface area contributed by atoms with Gasteiger partial charge in [0.2, 0.25) is 0 Å². The number of aromatic nitrogens is 2. The van der Waals surface area contributed by atoms with E-state index in [9.17, 15) is 0 Å². The van der Waals surface area contributed by atoms with Crippen molar-refractivity contribution in [1.82, 2.24) is 15.2 Å². The molecule has 102 valence electrons. The van der Waals surface area contributed by atoms with Crippen molar-refractivity contribution >= 4 is 15.9 Å². The highest BCUT2D eigenvalue weighted by Crippen LogP contribution is 2.27. The minimum absolute atomic E-state index is 0.109. The lowest BCUT2D eigenvalue weighted by Gasteiger charge is -2.25. The highest BCUT2D eigenvalue weighted by Gasteiger charge is 2.20. The van der Waals surface area contributed by atoms with Gasteiger partial charge in [0.15, 0.2) is 0 Å². The van der Waals surface area contributed by atoms with Gasteiger partial charge in [0.05, 0.1) is 28.5 Å². The summed E-state index contributed by atoms with van der Waals surface area (Å²) >= 11 is 3.51. The molecule has 0 saturated carbocycles. The first-order valence-corrected chi connectivity index (χ1v) is 7.26. The Morgan fingerprint density at radius 2 is 2.50 bits per heavy atom. The Morgan fingerprint density at radius 3 is 3.06 bits per heavy atom. The standard InChI is InChI=1S/C12H21BrN4O/c1-17-12(10(13)8-15-17)11(16-14)6-5-9-4-2-3-7-18-9/h8-9,11,16H,2-7,14H2,1H3. The van der Waals surface area contributed by atoms with Crippen LogP contribution in [0.5, 0.6) is 0 Å². The third kappa shape index (κ3) is 3.32. The number of nitrogens with one attached hydrogen (secondary N) is 1. The molecule has 0 spiro atoms. The van der Waals surface area contributed by atoms with E-state index >= 15 is 0 Å². The summed E-state index contributed by atoms with van der Waals surface area (Å²) in [6.07, 6.45) is 7.83. The maximum atomic E-state index is 5.75. The van der Waals surface area contributed by atoms with Gasteiger partial charge in [0.25, 0.3) is 0 Å². The SMILES string of the molecule is Cn1ncc(Br)c1C(CCC1CCCCO1)NN. The first-order valence-electron chi connectivity index (χ1n) is 6.47. The molecule has 1 fully saturated rings. The Morgan fingerprint density at radius 1 is 1.67 bits per heavy atom. The van der Waals surface area contributed by atoms with E-state index in [1.54, 1.807) is 6.20 Å². The maximum absolute atomic E-state index is 5.75. The number of aryl methyl sites for hydroxylation is 1. The Kier molecular flexibility index (Phi) is 5.17. The third-order valence-corrected chi connectivity index (χ3v) is 4.13. The summed E-state index contributed by atoms with van der Waals surface area (Å²) in [5.74, 6) is 5.66. The smallest absolute Gasteiger partial charge is 0.0705 e. The van der Waals surface area contributed by atoms with Crippen LogP contribution < -0.4 is 11.3 Å². The van der Waals surface area contributed by atoms with Crippen LogP contribution in [-0.2, 0) is 11.8 Å². The van der Waals surface area contributed by atoms with Crippen LogP contribution in [0.1, 0.15) is 43.8 Å². The fourth-order valence-electron chi connectivity index (χ4n) is 2.50. The van der Waals surface area contributed by atoms with E-state index in [0.717, 1.165) is 29.6 Å². The topological polar surface area (TPSA) is 65.1 Å². The van der Waals surface area contributed by atoms with Gasteiger partial charge in [-0.1, -0.05) is 0 Å². The van der Waals surface area contributed by atoms with Crippen LogP contribution in [0.15, 0.2) is 10.7 Å². The molecule has 0 amide bonds. The molecule has 2 atom stereocenters. The zero-order valence-electron chi connectivity index (χ0n) is 10.7. The van der Waals surface area contributed by atoms with Crippen LogP contribution in [0.4, 0.5) is 0 Å². The van der Waals surface area contributed by atoms with Gasteiger partial charge in [-0.25, -0.2) is 0 Å². The van der Waals surface area contributed by atoms with Gasteiger partial charge in [0, 0.05) is 13.7 Å². The summed E-state index contributed by atoms with van der Waals surface area (Å²) < 4.78 is 8.60. The molecule has 1 aromatic heterocycles. The highest BCUT2D eigenvalue weighted by molar-refractivity contribution is 9.10. The van der Waals surface area contributed by atoms with Crippen molar-refractivity contribution in [2.75, 3.05) is 6.61 Å². The van der Waals surface area contributed by atoms with Gasteiger partial charge in [-0.2, -0.15) is 5.10 Å². The minimum Gasteiger partial charge on any atom is -0.378 e. The molecule has 18 heavy (non-hydrogen) atoms. The van der Waals surface area contributed by atoms with Crippen LogP contribution in [0.25, 0.3) is 0 Å². The Balaban J connectivity index is 1.93. The number of hydrogen-bond donors (Lipinski definition) is 2. The fourth-order valence-corrected chi connectivity index (χ4v) is 3.12. The largest absolute Gasteiger partial charge is 0.378 e. The van der Waals surface area contributed by atoms with Crippen molar-refractivity contribution in [3.8, 4) is 0 Å². The Labute approximate surface area is 116 Å². The van der Waals surface area contributed by atoms with Gasteiger partial charge in [-0.05, 0) is 48.0 Å². The molecule has 3 N–H and O–H groups in total. The normalized spacial score (nSPS) is 22.1. The summed E-state index contributed by atoms with van der Waals surface area (Å²) in [5, 5.41) is 4.22. The first kappa shape index (κ1) is 14.0. The molecule has 1 aliphatic heterocycles. The highest BCUT2D eigenvalue weighted by atomic mass is 79.9. The van der Waals surface area contributed by atoms with E-state index in [-0.39, 0.29) is 6.04 Å². The van der Waals surface area contributed by atoms with Gasteiger partial charge in [-0.15, -0.1) is 0 Å². The molecule has 0 aromatic carbocycles. The van der Waals surface area contributed by atoms with Crippen LogP contribution in [0.2, 0.25) is 0 Å². The van der Waals surface area contributed by atoms with Crippen molar-refractivity contribution in [3.05, 3.63) is 16.4 Å². The number of nitrogens with two attached hydrogens (primary N) is 1. The van der Waals surface area contributed by atoms with E-state index in [1.807, 2.05) is 11.7 Å². The van der Waals surface area contributed by atoms with Crippen molar-refractivity contribution < 1.29 is 4.74 Å². The Bertz CT molecular complexity index is 357. The summed E-state index contributed by atoms with van der Waals surface area (Å²) in [7, 11) is 1.93. The molecule has 1 saturated heterocycles. The molecule has 1 aromatic rings. The van der Waals surface area contributed by atoms with Gasteiger partial charge < -0.3 is 4.74 Å². The summed E-state index contributed by atoms with van der Waals surface area (Å²) in [5.41, 5.74) is 3.97. The molecular formula is C12H21BrN4O. The molecule has 0 aliphatic carbocycles. The molecule has 1 aliphatic rings. The van der Waals surface area contributed by atoms with Crippen LogP contribution >= 0.6 is 15.9 Å². The lowest BCUT2D eigenvalue weighted by atomic mass is 10.0. The average molecular weight is 317 g/mol. The van der Waals surface area contributed by atoms with Crippen molar-refractivity contribution in [2.45, 2.75) is 44.2 Å². The molecule has 0 radical (unpaired) electrons. The first-order chi connectivity index (χ1) is 8.72. The second-order valence-corrected chi connectivity index (χ2v) is 5.64. The van der Waals surface area contributed by atoms with Crippen molar-refractivity contribution in [3.63, 3.8) is 0 Å². The quantitative estimate of drug-likeness (QED) is 0.644. The van der Waals surface area contributed by atoms with Crippen molar-refractivity contribution in [1.29, 1.82) is 0 Å². The number of halogens is 1. The van der Waals surface area contributed by atoms with E-state index in [2.05, 4.69) is 26.5 Å². The summed E-state index contributed by atoms with van der Waals surface area (Å²) in [6.45, 7) is 0.904. The van der Waals surface area contributed by atoms with E-state index in [0.29, 0.717) is 6.10 Å². The summed E-state index contributed by atoms with van der Waals surface area (Å²) in [4.78, 5) is 0. The van der Waals surface area contributed by atoms with Gasteiger partial charge in [-0.3, -0.25) is 16.0 Å². The number of nitrogens with zero attached hydrogens (tertiary/aromatic N) is 2. The van der Waals surface area contributed by atoms with Crippen LogP contribution in [0.3, 0.4) is 0 Å². The van der Waals surface area contributed by atoms with E-state index in [4.69, 9.17) is 10.6 Å². The molecule has 0 bridgehead atoms. The second kappa shape index (κ2) is 6.65. The molecule has 5 nitrogen and oxygen atoms in total. The number of rotatable bonds is 5. The molecule has 2 unspecified atom stereocenters. The van der Waals surface area contributed by atoms with Gasteiger partial charge >= 0.3 is 0 Å². The second-order valence-electron chi connectivity index (χ2n) is 4.79. The molecule has 2 rings (SSSR count). The zero-order valence-corrected chi connectivity index (χ0v) is 12.3. The van der Waals surface area contributed by atoms with E-state index < -0.39 is 0 Å². The predicted octanol–water partition coefficient (Wildman–Crippen LogP) is 2.04. The van der Waals surface area contributed by atoms with E-state index in [1.165, 1.54) is 19.3 Å². The monoisotopic (exact) mass is 316 g/mol. The Hall–Kier alpha value is -0.430. The number of hydrogen-bond acceptors (Lipinski definition) is 4. The lowest BCUT2D eigenvalue weighted by Crippen LogP contribution is -2.31.